The zero-order valence-corrected chi connectivity index (χ0v) is 12.2. The summed E-state index contributed by atoms with van der Waals surface area (Å²) < 4.78 is 5.43. The molecular weight excluding hydrogens is 236 g/mol. The predicted octanol–water partition coefficient (Wildman–Crippen LogP) is 2.41. The predicted molar refractivity (Wildman–Crippen MR) is 79.1 cm³/mol. The van der Waals surface area contributed by atoms with Crippen LogP contribution in [0.15, 0.2) is 24.3 Å². The number of nitrogens with zero attached hydrogens (tertiary/aromatic N) is 1. The van der Waals surface area contributed by atoms with Crippen LogP contribution in [0.3, 0.4) is 0 Å². The number of benzene rings is 1. The Labute approximate surface area is 116 Å². The standard InChI is InChI=1S/C16H26N2O/c1-3-17-12-14-5-4-6-15(11-14)13-18(2)16-7-9-19-10-8-16/h4-6,11,16-17H,3,7-10,12-13H2,1-2H3. The van der Waals surface area contributed by atoms with Crippen molar-refractivity contribution in [2.75, 3.05) is 26.8 Å². The molecule has 3 nitrogen and oxygen atoms in total. The van der Waals surface area contributed by atoms with Crippen molar-refractivity contribution >= 4 is 0 Å². The fraction of sp³-hybridized carbons (Fsp3) is 0.625. The second kappa shape index (κ2) is 7.63. The van der Waals surface area contributed by atoms with Gasteiger partial charge in [0.1, 0.15) is 0 Å². The van der Waals surface area contributed by atoms with Crippen molar-refractivity contribution in [3.8, 4) is 0 Å². The first-order chi connectivity index (χ1) is 9.29. The summed E-state index contributed by atoms with van der Waals surface area (Å²) in [4.78, 5) is 2.47. The van der Waals surface area contributed by atoms with Crippen LogP contribution in [-0.4, -0.2) is 37.7 Å². The van der Waals surface area contributed by atoms with Gasteiger partial charge in [0.15, 0.2) is 0 Å². The summed E-state index contributed by atoms with van der Waals surface area (Å²) in [5.74, 6) is 0. The molecule has 0 atom stereocenters. The van der Waals surface area contributed by atoms with Gasteiger partial charge in [0, 0.05) is 32.3 Å². The van der Waals surface area contributed by atoms with Crippen LogP contribution in [0.5, 0.6) is 0 Å². The molecule has 0 bridgehead atoms. The van der Waals surface area contributed by atoms with E-state index in [1.165, 1.54) is 11.1 Å². The summed E-state index contributed by atoms with van der Waals surface area (Å²) in [7, 11) is 2.23. The van der Waals surface area contributed by atoms with Crippen LogP contribution in [0.1, 0.15) is 30.9 Å². The molecule has 1 aromatic rings. The number of hydrogen-bond acceptors (Lipinski definition) is 3. The first-order valence-electron chi connectivity index (χ1n) is 7.36. The Morgan fingerprint density at radius 3 is 2.74 bits per heavy atom. The van der Waals surface area contributed by atoms with E-state index in [1.807, 2.05) is 0 Å². The van der Waals surface area contributed by atoms with Crippen molar-refractivity contribution in [3.63, 3.8) is 0 Å². The van der Waals surface area contributed by atoms with Crippen molar-refractivity contribution in [3.05, 3.63) is 35.4 Å². The molecule has 1 aromatic carbocycles. The Balaban J connectivity index is 1.90. The third-order valence-electron chi connectivity index (χ3n) is 3.82. The van der Waals surface area contributed by atoms with Crippen molar-refractivity contribution in [2.24, 2.45) is 0 Å². The molecule has 1 heterocycles. The maximum Gasteiger partial charge on any atom is 0.0480 e. The van der Waals surface area contributed by atoms with Crippen LogP contribution < -0.4 is 5.32 Å². The lowest BCUT2D eigenvalue weighted by Gasteiger charge is -2.31. The molecular formula is C16H26N2O. The molecule has 0 saturated carbocycles. The Hall–Kier alpha value is -0.900. The lowest BCUT2D eigenvalue weighted by Crippen LogP contribution is -2.36. The van der Waals surface area contributed by atoms with Gasteiger partial charge in [-0.15, -0.1) is 0 Å². The number of rotatable bonds is 6. The van der Waals surface area contributed by atoms with E-state index in [2.05, 4.69) is 48.5 Å². The third-order valence-corrected chi connectivity index (χ3v) is 3.82. The summed E-state index contributed by atoms with van der Waals surface area (Å²) in [6.45, 7) is 6.98. The van der Waals surface area contributed by atoms with Gasteiger partial charge in [-0.25, -0.2) is 0 Å². The first-order valence-corrected chi connectivity index (χ1v) is 7.36. The zero-order chi connectivity index (χ0) is 13.5. The highest BCUT2D eigenvalue weighted by atomic mass is 16.5. The normalized spacial score (nSPS) is 17.0. The van der Waals surface area contributed by atoms with E-state index in [-0.39, 0.29) is 0 Å². The molecule has 0 aromatic heterocycles. The van der Waals surface area contributed by atoms with Gasteiger partial charge in [-0.1, -0.05) is 31.2 Å². The Morgan fingerprint density at radius 1 is 1.26 bits per heavy atom. The Morgan fingerprint density at radius 2 is 2.00 bits per heavy atom. The van der Waals surface area contributed by atoms with Gasteiger partial charge < -0.3 is 10.1 Å². The lowest BCUT2D eigenvalue weighted by molar-refractivity contribution is 0.0407. The highest BCUT2D eigenvalue weighted by Gasteiger charge is 2.18. The smallest absolute Gasteiger partial charge is 0.0480 e. The molecule has 19 heavy (non-hydrogen) atoms. The highest BCUT2D eigenvalue weighted by molar-refractivity contribution is 5.23. The van der Waals surface area contributed by atoms with E-state index >= 15 is 0 Å². The van der Waals surface area contributed by atoms with Crippen LogP contribution in [0, 0.1) is 0 Å². The maximum atomic E-state index is 5.43. The lowest BCUT2D eigenvalue weighted by atomic mass is 10.1. The average Bonchev–Trinajstić information content (AvgIpc) is 2.46. The minimum Gasteiger partial charge on any atom is -0.381 e. The Kier molecular flexibility index (Phi) is 5.83. The molecule has 0 radical (unpaired) electrons. The van der Waals surface area contributed by atoms with Crippen LogP contribution in [-0.2, 0) is 17.8 Å². The summed E-state index contributed by atoms with van der Waals surface area (Å²) in [6.07, 6.45) is 2.32. The number of hydrogen-bond donors (Lipinski definition) is 1. The summed E-state index contributed by atoms with van der Waals surface area (Å²) >= 11 is 0. The van der Waals surface area contributed by atoms with E-state index in [1.54, 1.807) is 0 Å². The Bertz CT molecular complexity index is 375. The van der Waals surface area contributed by atoms with Crippen molar-refractivity contribution in [1.29, 1.82) is 0 Å². The maximum absolute atomic E-state index is 5.43. The highest BCUT2D eigenvalue weighted by Crippen LogP contribution is 2.16. The van der Waals surface area contributed by atoms with Crippen LogP contribution in [0.2, 0.25) is 0 Å². The molecule has 1 saturated heterocycles. The topological polar surface area (TPSA) is 24.5 Å². The van der Waals surface area contributed by atoms with E-state index in [9.17, 15) is 0 Å². The van der Waals surface area contributed by atoms with Gasteiger partial charge in [-0.2, -0.15) is 0 Å². The second-order valence-corrected chi connectivity index (χ2v) is 5.36. The minimum atomic E-state index is 0.672. The molecule has 0 spiro atoms. The van der Waals surface area contributed by atoms with Crippen LogP contribution in [0.4, 0.5) is 0 Å². The first kappa shape index (κ1) is 14.5. The van der Waals surface area contributed by atoms with E-state index in [4.69, 9.17) is 4.74 Å². The quantitative estimate of drug-likeness (QED) is 0.852. The van der Waals surface area contributed by atoms with E-state index in [0.29, 0.717) is 6.04 Å². The molecule has 0 aliphatic carbocycles. The molecule has 1 fully saturated rings. The molecule has 0 unspecified atom stereocenters. The van der Waals surface area contributed by atoms with Gasteiger partial charge in [0.2, 0.25) is 0 Å². The number of ether oxygens (including phenoxy) is 1. The van der Waals surface area contributed by atoms with Crippen LogP contribution >= 0.6 is 0 Å². The van der Waals surface area contributed by atoms with Crippen molar-refractivity contribution in [1.82, 2.24) is 10.2 Å². The molecule has 3 heteroatoms. The third kappa shape index (κ3) is 4.60. The van der Waals surface area contributed by atoms with Crippen molar-refractivity contribution < 1.29 is 4.74 Å². The SMILES string of the molecule is CCNCc1cccc(CN(C)C2CCOCC2)c1. The largest absolute Gasteiger partial charge is 0.381 e. The molecule has 1 aliphatic heterocycles. The summed E-state index contributed by atoms with van der Waals surface area (Å²) in [5.41, 5.74) is 2.78. The van der Waals surface area contributed by atoms with Gasteiger partial charge in [-0.3, -0.25) is 4.90 Å². The summed E-state index contributed by atoms with van der Waals surface area (Å²) in [6, 6.07) is 9.58. The molecule has 1 aliphatic rings. The fourth-order valence-corrected chi connectivity index (χ4v) is 2.65. The van der Waals surface area contributed by atoms with Crippen LogP contribution in [0.25, 0.3) is 0 Å². The molecule has 2 rings (SSSR count). The van der Waals surface area contributed by atoms with Gasteiger partial charge >= 0.3 is 0 Å². The van der Waals surface area contributed by atoms with Crippen molar-refractivity contribution in [2.45, 2.75) is 38.9 Å². The molecule has 1 N–H and O–H groups in total. The van der Waals surface area contributed by atoms with Gasteiger partial charge in [0.25, 0.3) is 0 Å². The zero-order valence-electron chi connectivity index (χ0n) is 12.2. The molecule has 106 valence electrons. The average molecular weight is 262 g/mol. The van der Waals surface area contributed by atoms with Gasteiger partial charge in [-0.05, 0) is 37.6 Å². The van der Waals surface area contributed by atoms with Gasteiger partial charge in [0.05, 0.1) is 0 Å². The minimum absolute atomic E-state index is 0.672. The number of nitrogens with one attached hydrogen (secondary N) is 1. The summed E-state index contributed by atoms with van der Waals surface area (Å²) in [5, 5.41) is 3.38. The van der Waals surface area contributed by atoms with E-state index in [0.717, 1.165) is 45.7 Å². The monoisotopic (exact) mass is 262 g/mol. The molecule has 0 amide bonds. The fourth-order valence-electron chi connectivity index (χ4n) is 2.65. The second-order valence-electron chi connectivity index (χ2n) is 5.36. The van der Waals surface area contributed by atoms with E-state index < -0.39 is 0 Å².